The highest BCUT2D eigenvalue weighted by Crippen LogP contribution is 2.17. The average Bonchev–Trinajstić information content (AvgIpc) is 3.18. The van der Waals surface area contributed by atoms with E-state index in [-0.39, 0.29) is 31.1 Å². The van der Waals surface area contributed by atoms with E-state index in [1.807, 2.05) is 0 Å². The summed E-state index contributed by atoms with van der Waals surface area (Å²) in [6.07, 6.45) is 43.7. The van der Waals surface area contributed by atoms with Gasteiger partial charge in [-0.05, 0) is 31.1 Å². The lowest BCUT2D eigenvalue weighted by Crippen LogP contribution is -2.30. The Hall–Kier alpha value is -1.59. The van der Waals surface area contributed by atoms with Crippen molar-refractivity contribution < 1.29 is 28.6 Å². The summed E-state index contributed by atoms with van der Waals surface area (Å²) in [7, 11) is 0. The van der Waals surface area contributed by atoms with E-state index in [0.717, 1.165) is 69.6 Å². The first-order chi connectivity index (χ1) is 27.7. The van der Waals surface area contributed by atoms with Crippen LogP contribution in [0.25, 0.3) is 0 Å². The third-order valence-corrected chi connectivity index (χ3v) is 11.5. The fourth-order valence-corrected chi connectivity index (χ4v) is 7.64. The van der Waals surface area contributed by atoms with Gasteiger partial charge in [0.1, 0.15) is 13.2 Å². The van der Waals surface area contributed by atoms with Gasteiger partial charge in [0, 0.05) is 19.3 Å². The maximum absolute atomic E-state index is 12.8. The number of rotatable bonds is 45. The van der Waals surface area contributed by atoms with E-state index in [1.165, 1.54) is 167 Å². The minimum Gasteiger partial charge on any atom is -0.462 e. The predicted octanol–water partition coefficient (Wildman–Crippen LogP) is 16.1. The van der Waals surface area contributed by atoms with Crippen LogP contribution in [0.2, 0.25) is 0 Å². The molecule has 0 aromatic heterocycles. The molecule has 0 N–H and O–H groups in total. The van der Waals surface area contributed by atoms with Crippen molar-refractivity contribution in [3.63, 3.8) is 0 Å². The predicted molar refractivity (Wildman–Crippen MR) is 243 cm³/mol. The molecule has 0 saturated carbocycles. The van der Waals surface area contributed by atoms with Crippen LogP contribution in [0.1, 0.15) is 279 Å². The SMILES string of the molecule is CCCCCCCCCCCCCCCCC(=O)OC[C@@H](COC(=O)CCCCCCCCCCCCC(C)C)OC(=O)CCCCCCCCCCCC(C)C. The maximum atomic E-state index is 12.8. The second-order valence-electron chi connectivity index (χ2n) is 18.4. The van der Waals surface area contributed by atoms with E-state index in [4.69, 9.17) is 14.2 Å². The van der Waals surface area contributed by atoms with Crippen molar-refractivity contribution in [1.82, 2.24) is 0 Å². The molecular weight excluding hydrogens is 709 g/mol. The minimum atomic E-state index is -0.761. The molecule has 0 spiro atoms. The summed E-state index contributed by atoms with van der Waals surface area (Å²) >= 11 is 0. The lowest BCUT2D eigenvalue weighted by atomic mass is 10.0. The molecule has 0 bridgehead atoms. The van der Waals surface area contributed by atoms with Crippen LogP contribution in [0.4, 0.5) is 0 Å². The van der Waals surface area contributed by atoms with E-state index >= 15 is 0 Å². The van der Waals surface area contributed by atoms with E-state index in [9.17, 15) is 14.4 Å². The molecule has 0 aliphatic carbocycles. The highest BCUT2D eigenvalue weighted by Gasteiger charge is 2.19. The van der Waals surface area contributed by atoms with E-state index < -0.39 is 6.10 Å². The summed E-state index contributed by atoms with van der Waals surface area (Å²) in [5.74, 6) is 0.773. The van der Waals surface area contributed by atoms with Crippen LogP contribution in [0, 0.1) is 11.8 Å². The molecule has 0 aromatic rings. The van der Waals surface area contributed by atoms with Crippen LogP contribution in [-0.4, -0.2) is 37.2 Å². The largest absolute Gasteiger partial charge is 0.462 e. The van der Waals surface area contributed by atoms with Crippen LogP contribution < -0.4 is 0 Å². The molecule has 338 valence electrons. The Kier molecular flexibility index (Phi) is 42.7. The first kappa shape index (κ1) is 55.4. The Morgan fingerprint density at radius 3 is 0.860 bits per heavy atom. The molecule has 6 nitrogen and oxygen atoms in total. The molecule has 1 atom stereocenters. The highest BCUT2D eigenvalue weighted by molar-refractivity contribution is 5.71. The van der Waals surface area contributed by atoms with Crippen LogP contribution in [0.3, 0.4) is 0 Å². The van der Waals surface area contributed by atoms with Gasteiger partial charge in [-0.25, -0.2) is 0 Å². The summed E-state index contributed by atoms with van der Waals surface area (Å²) in [5.41, 5.74) is 0. The molecule has 0 aliphatic rings. The number of unbranched alkanes of at least 4 members (excludes halogenated alkanes) is 30. The number of ether oxygens (including phenoxy) is 3. The first-order valence-electron chi connectivity index (χ1n) is 25.2. The summed E-state index contributed by atoms with van der Waals surface area (Å²) < 4.78 is 16.8. The van der Waals surface area contributed by atoms with Crippen molar-refractivity contribution in [3.05, 3.63) is 0 Å². The Bertz CT molecular complexity index is 870. The summed E-state index contributed by atoms with van der Waals surface area (Å²) in [4.78, 5) is 37.9. The van der Waals surface area contributed by atoms with Crippen LogP contribution in [0.5, 0.6) is 0 Å². The fraction of sp³-hybridized carbons (Fsp3) is 0.941. The molecule has 0 amide bonds. The Morgan fingerprint density at radius 2 is 0.579 bits per heavy atom. The van der Waals surface area contributed by atoms with E-state index in [1.54, 1.807) is 0 Å². The number of hydrogen-bond acceptors (Lipinski definition) is 6. The number of hydrogen-bond donors (Lipinski definition) is 0. The van der Waals surface area contributed by atoms with Gasteiger partial charge in [0.15, 0.2) is 6.10 Å². The Balaban J connectivity index is 4.32. The molecule has 0 fully saturated rings. The van der Waals surface area contributed by atoms with Crippen molar-refractivity contribution in [2.24, 2.45) is 11.8 Å². The van der Waals surface area contributed by atoms with Crippen LogP contribution >= 0.6 is 0 Å². The molecular formula is C51H98O6. The first-order valence-corrected chi connectivity index (χ1v) is 25.2. The third-order valence-electron chi connectivity index (χ3n) is 11.5. The standard InChI is InChI=1S/C51H98O6/c1-6-7-8-9-10-11-12-13-14-15-21-26-31-36-41-49(52)55-44-48(57-51(54)43-38-33-28-23-18-20-25-30-35-40-47(4)5)45-56-50(53)42-37-32-27-22-17-16-19-24-29-34-39-46(2)3/h46-48H,6-45H2,1-5H3/t48-/m0/s1. The molecule has 0 radical (unpaired) electrons. The van der Waals surface area contributed by atoms with Crippen molar-refractivity contribution in [2.75, 3.05) is 13.2 Å². The molecule has 0 rings (SSSR count). The Labute approximate surface area is 355 Å². The number of carbonyl (C=O) groups excluding carboxylic acids is 3. The molecule has 0 unspecified atom stereocenters. The van der Waals surface area contributed by atoms with Gasteiger partial charge in [-0.15, -0.1) is 0 Å². The lowest BCUT2D eigenvalue weighted by Gasteiger charge is -2.18. The van der Waals surface area contributed by atoms with Crippen molar-refractivity contribution in [2.45, 2.75) is 285 Å². The van der Waals surface area contributed by atoms with Crippen molar-refractivity contribution >= 4 is 17.9 Å². The topological polar surface area (TPSA) is 78.9 Å². The zero-order chi connectivity index (χ0) is 41.9. The van der Waals surface area contributed by atoms with Gasteiger partial charge in [-0.2, -0.15) is 0 Å². The number of esters is 3. The number of carbonyl (C=O) groups is 3. The Morgan fingerprint density at radius 1 is 0.333 bits per heavy atom. The third kappa shape index (κ3) is 45.3. The van der Waals surface area contributed by atoms with Gasteiger partial charge in [-0.1, -0.05) is 240 Å². The van der Waals surface area contributed by atoms with Gasteiger partial charge in [0.05, 0.1) is 0 Å². The van der Waals surface area contributed by atoms with Crippen molar-refractivity contribution in [1.29, 1.82) is 0 Å². The molecule has 57 heavy (non-hydrogen) atoms. The highest BCUT2D eigenvalue weighted by atomic mass is 16.6. The van der Waals surface area contributed by atoms with E-state index in [2.05, 4.69) is 34.6 Å². The van der Waals surface area contributed by atoms with Gasteiger partial charge < -0.3 is 14.2 Å². The second kappa shape index (κ2) is 44.0. The lowest BCUT2D eigenvalue weighted by molar-refractivity contribution is -0.167. The summed E-state index contributed by atoms with van der Waals surface area (Å²) in [5, 5.41) is 0. The van der Waals surface area contributed by atoms with Gasteiger partial charge >= 0.3 is 17.9 Å². The second-order valence-corrected chi connectivity index (χ2v) is 18.4. The normalized spacial score (nSPS) is 12.1. The summed E-state index contributed by atoms with van der Waals surface area (Å²) in [6.45, 7) is 11.3. The molecule has 0 saturated heterocycles. The maximum Gasteiger partial charge on any atom is 0.306 e. The monoisotopic (exact) mass is 807 g/mol. The molecule has 0 aromatic carbocycles. The molecule has 0 aliphatic heterocycles. The van der Waals surface area contributed by atoms with Crippen molar-refractivity contribution in [3.8, 4) is 0 Å². The zero-order valence-corrected chi connectivity index (χ0v) is 39.0. The van der Waals surface area contributed by atoms with Crippen LogP contribution in [0.15, 0.2) is 0 Å². The molecule has 0 heterocycles. The van der Waals surface area contributed by atoms with Gasteiger partial charge in [0.2, 0.25) is 0 Å². The quantitative estimate of drug-likeness (QED) is 0.0346. The van der Waals surface area contributed by atoms with Gasteiger partial charge in [-0.3, -0.25) is 14.4 Å². The van der Waals surface area contributed by atoms with Gasteiger partial charge in [0.25, 0.3) is 0 Å². The average molecular weight is 807 g/mol. The summed E-state index contributed by atoms with van der Waals surface area (Å²) in [6, 6.07) is 0. The van der Waals surface area contributed by atoms with E-state index in [0.29, 0.717) is 19.3 Å². The molecule has 6 heteroatoms. The fourth-order valence-electron chi connectivity index (χ4n) is 7.64. The minimum absolute atomic E-state index is 0.0641. The van der Waals surface area contributed by atoms with Crippen LogP contribution in [-0.2, 0) is 28.6 Å². The smallest absolute Gasteiger partial charge is 0.306 e. The zero-order valence-electron chi connectivity index (χ0n) is 39.0.